The summed E-state index contributed by atoms with van der Waals surface area (Å²) in [5.74, 6) is 0. The van der Waals surface area contributed by atoms with Crippen LogP contribution < -0.4 is 5.32 Å². The Morgan fingerprint density at radius 1 is 1.35 bits per heavy atom. The Morgan fingerprint density at radius 2 is 2.06 bits per heavy atom. The second-order valence-electron chi connectivity index (χ2n) is 4.88. The van der Waals surface area contributed by atoms with E-state index in [-0.39, 0.29) is 0 Å². The highest BCUT2D eigenvalue weighted by Gasteiger charge is 2.26. The van der Waals surface area contributed by atoms with Crippen LogP contribution in [0.15, 0.2) is 0 Å². The van der Waals surface area contributed by atoms with Gasteiger partial charge in [0.2, 0.25) is 0 Å². The SMILES string of the molecule is CCNc1snnc1CN1[C@H](C)CCC[C@@H]1C. The number of hydrogen-bond donors (Lipinski definition) is 1. The maximum absolute atomic E-state index is 4.26. The van der Waals surface area contributed by atoms with Crippen LogP contribution in [0.1, 0.15) is 45.7 Å². The Hall–Kier alpha value is -0.680. The molecule has 0 unspecified atom stereocenters. The van der Waals surface area contributed by atoms with Crippen LogP contribution in [0, 0.1) is 0 Å². The van der Waals surface area contributed by atoms with Gasteiger partial charge in [0.05, 0.1) is 0 Å². The summed E-state index contributed by atoms with van der Waals surface area (Å²) in [6.07, 6.45) is 3.96. The van der Waals surface area contributed by atoms with E-state index in [2.05, 4.69) is 40.6 Å². The van der Waals surface area contributed by atoms with Crippen molar-refractivity contribution in [3.63, 3.8) is 0 Å². The molecule has 0 aliphatic carbocycles. The average Bonchev–Trinajstić information content (AvgIpc) is 2.72. The van der Waals surface area contributed by atoms with E-state index in [4.69, 9.17) is 0 Å². The van der Waals surface area contributed by atoms with E-state index in [1.54, 1.807) is 0 Å². The molecule has 2 heterocycles. The molecule has 1 fully saturated rings. The van der Waals surface area contributed by atoms with Crippen molar-refractivity contribution in [2.24, 2.45) is 0 Å². The van der Waals surface area contributed by atoms with Crippen molar-refractivity contribution < 1.29 is 0 Å². The molecule has 1 aliphatic heterocycles. The number of piperidine rings is 1. The first kappa shape index (κ1) is 12.8. The van der Waals surface area contributed by atoms with E-state index in [0.29, 0.717) is 12.1 Å². The molecule has 1 N–H and O–H groups in total. The predicted molar refractivity (Wildman–Crippen MR) is 72.4 cm³/mol. The van der Waals surface area contributed by atoms with Gasteiger partial charge < -0.3 is 5.32 Å². The van der Waals surface area contributed by atoms with Gasteiger partial charge in [0, 0.05) is 36.7 Å². The summed E-state index contributed by atoms with van der Waals surface area (Å²) in [5, 5.41) is 8.74. The van der Waals surface area contributed by atoms with E-state index in [1.807, 2.05) is 0 Å². The highest BCUT2D eigenvalue weighted by atomic mass is 32.1. The maximum Gasteiger partial charge on any atom is 0.134 e. The lowest BCUT2D eigenvalue weighted by Crippen LogP contribution is -2.43. The first-order valence-electron chi connectivity index (χ1n) is 6.53. The zero-order valence-electron chi connectivity index (χ0n) is 10.9. The van der Waals surface area contributed by atoms with Crippen molar-refractivity contribution in [1.29, 1.82) is 0 Å². The van der Waals surface area contributed by atoms with E-state index < -0.39 is 0 Å². The lowest BCUT2D eigenvalue weighted by molar-refractivity contribution is 0.0940. The molecule has 17 heavy (non-hydrogen) atoms. The zero-order chi connectivity index (χ0) is 12.3. The Morgan fingerprint density at radius 3 is 2.71 bits per heavy atom. The molecule has 0 amide bonds. The molecule has 0 aromatic carbocycles. The van der Waals surface area contributed by atoms with E-state index >= 15 is 0 Å². The van der Waals surface area contributed by atoms with Gasteiger partial charge in [-0.15, -0.1) is 5.10 Å². The number of likely N-dealkylation sites (tertiary alicyclic amines) is 1. The summed E-state index contributed by atoms with van der Waals surface area (Å²) < 4.78 is 4.06. The third kappa shape index (κ3) is 2.96. The van der Waals surface area contributed by atoms with Crippen LogP contribution in [0.5, 0.6) is 0 Å². The fourth-order valence-electron chi connectivity index (χ4n) is 2.57. The van der Waals surface area contributed by atoms with Crippen molar-refractivity contribution in [3.8, 4) is 0 Å². The van der Waals surface area contributed by atoms with Crippen molar-refractivity contribution in [2.75, 3.05) is 11.9 Å². The van der Waals surface area contributed by atoms with Gasteiger partial charge >= 0.3 is 0 Å². The fourth-order valence-corrected chi connectivity index (χ4v) is 3.21. The van der Waals surface area contributed by atoms with E-state index in [9.17, 15) is 0 Å². The van der Waals surface area contributed by atoms with E-state index in [0.717, 1.165) is 23.8 Å². The Labute approximate surface area is 108 Å². The van der Waals surface area contributed by atoms with Crippen LogP contribution in [0.4, 0.5) is 5.00 Å². The number of anilines is 1. The molecule has 1 saturated heterocycles. The number of rotatable bonds is 4. The van der Waals surface area contributed by atoms with Gasteiger partial charge in [0.15, 0.2) is 0 Å². The van der Waals surface area contributed by atoms with Crippen LogP contribution in [-0.2, 0) is 6.54 Å². The minimum Gasteiger partial charge on any atom is -0.374 e. The first-order valence-corrected chi connectivity index (χ1v) is 7.30. The zero-order valence-corrected chi connectivity index (χ0v) is 11.8. The monoisotopic (exact) mass is 254 g/mol. The summed E-state index contributed by atoms with van der Waals surface area (Å²) in [6, 6.07) is 1.32. The first-order chi connectivity index (χ1) is 8.22. The Balaban J connectivity index is 2.05. The van der Waals surface area contributed by atoms with Crippen LogP contribution in [0.2, 0.25) is 0 Å². The Kier molecular flexibility index (Phi) is 4.34. The normalized spacial score (nSPS) is 26.1. The predicted octanol–water partition coefficient (Wildman–Crippen LogP) is 2.73. The van der Waals surface area contributed by atoms with Gasteiger partial charge in [0.25, 0.3) is 0 Å². The standard InChI is InChI=1S/C12H22N4S/c1-4-13-12-11(14-15-17-12)8-16-9(2)6-5-7-10(16)3/h9-10,13H,4-8H2,1-3H3/t9-,10+. The molecule has 5 heteroatoms. The second kappa shape index (κ2) is 5.78. The van der Waals surface area contributed by atoms with Gasteiger partial charge in [-0.3, -0.25) is 4.90 Å². The van der Waals surface area contributed by atoms with Crippen molar-refractivity contribution in [3.05, 3.63) is 5.69 Å². The van der Waals surface area contributed by atoms with Gasteiger partial charge in [-0.2, -0.15) is 0 Å². The minimum atomic E-state index is 0.662. The lowest BCUT2D eigenvalue weighted by Gasteiger charge is -2.38. The van der Waals surface area contributed by atoms with E-state index in [1.165, 1.54) is 30.8 Å². The Bertz CT molecular complexity index is 342. The van der Waals surface area contributed by atoms with Gasteiger partial charge in [-0.25, -0.2) is 0 Å². The van der Waals surface area contributed by atoms with Crippen molar-refractivity contribution in [1.82, 2.24) is 14.5 Å². The molecule has 0 saturated carbocycles. The van der Waals surface area contributed by atoms with Crippen molar-refractivity contribution >= 4 is 16.5 Å². The quantitative estimate of drug-likeness (QED) is 0.897. The molecule has 0 bridgehead atoms. The number of aromatic nitrogens is 2. The van der Waals surface area contributed by atoms with Crippen LogP contribution in [0.25, 0.3) is 0 Å². The highest BCUT2D eigenvalue weighted by molar-refractivity contribution is 7.10. The van der Waals surface area contributed by atoms with Gasteiger partial charge in [-0.05, 0) is 33.6 Å². The third-order valence-corrected chi connectivity index (χ3v) is 4.33. The topological polar surface area (TPSA) is 41.1 Å². The molecule has 96 valence electrons. The minimum absolute atomic E-state index is 0.662. The second-order valence-corrected chi connectivity index (χ2v) is 5.63. The average molecular weight is 254 g/mol. The molecule has 1 aromatic heterocycles. The molecule has 0 spiro atoms. The summed E-state index contributed by atoms with van der Waals surface area (Å²) in [6.45, 7) is 8.61. The van der Waals surface area contributed by atoms with Crippen LogP contribution >= 0.6 is 11.5 Å². The third-order valence-electron chi connectivity index (χ3n) is 3.60. The molecule has 2 atom stereocenters. The lowest BCUT2D eigenvalue weighted by atomic mass is 9.97. The molecular formula is C12H22N4S. The van der Waals surface area contributed by atoms with Crippen LogP contribution in [-0.4, -0.2) is 33.1 Å². The fraction of sp³-hybridized carbons (Fsp3) is 0.833. The smallest absolute Gasteiger partial charge is 0.134 e. The molecule has 2 rings (SSSR count). The van der Waals surface area contributed by atoms with Gasteiger partial charge in [0.1, 0.15) is 10.7 Å². The molecule has 1 aliphatic rings. The molecule has 0 radical (unpaired) electrons. The van der Waals surface area contributed by atoms with Gasteiger partial charge in [-0.1, -0.05) is 10.9 Å². The highest BCUT2D eigenvalue weighted by Crippen LogP contribution is 2.27. The number of nitrogens with zero attached hydrogens (tertiary/aromatic N) is 3. The van der Waals surface area contributed by atoms with Crippen molar-refractivity contribution in [2.45, 2.75) is 58.7 Å². The number of hydrogen-bond acceptors (Lipinski definition) is 5. The maximum atomic E-state index is 4.26. The molecular weight excluding hydrogens is 232 g/mol. The summed E-state index contributed by atoms with van der Waals surface area (Å²) in [5.41, 5.74) is 1.11. The summed E-state index contributed by atoms with van der Waals surface area (Å²) >= 11 is 1.47. The number of nitrogens with one attached hydrogen (secondary N) is 1. The van der Waals surface area contributed by atoms with Crippen LogP contribution in [0.3, 0.4) is 0 Å². The molecule has 1 aromatic rings. The summed E-state index contributed by atoms with van der Waals surface area (Å²) in [7, 11) is 0. The largest absolute Gasteiger partial charge is 0.374 e. The molecule has 4 nitrogen and oxygen atoms in total. The summed E-state index contributed by atoms with van der Waals surface area (Å²) in [4.78, 5) is 2.56.